The molecule has 1 saturated heterocycles. The lowest BCUT2D eigenvalue weighted by Gasteiger charge is -2.31. The highest BCUT2D eigenvalue weighted by Crippen LogP contribution is 2.34. The molecule has 1 N–H and O–H groups in total. The first-order valence-corrected chi connectivity index (χ1v) is 11.3. The Morgan fingerprint density at radius 2 is 1.97 bits per heavy atom. The third kappa shape index (κ3) is 5.32. The number of nitrogens with one attached hydrogen (secondary N) is 1. The number of amides is 1. The van der Waals surface area contributed by atoms with Crippen LogP contribution in [0.1, 0.15) is 16.3 Å². The molecule has 2 aromatic carbocycles. The third-order valence-electron chi connectivity index (χ3n) is 4.77. The molecule has 0 radical (unpaired) electrons. The van der Waals surface area contributed by atoms with E-state index in [0.717, 1.165) is 35.0 Å². The molecule has 2 heterocycles. The summed E-state index contributed by atoms with van der Waals surface area (Å²) >= 11 is 14.0. The molecule has 8 heteroatoms. The smallest absolute Gasteiger partial charge is 0.230 e. The monoisotopic (exact) mass is 461 g/mol. The van der Waals surface area contributed by atoms with Crippen molar-refractivity contribution in [1.29, 1.82) is 0 Å². The number of carbonyl (C=O) groups is 1. The fourth-order valence-electron chi connectivity index (χ4n) is 3.42. The summed E-state index contributed by atoms with van der Waals surface area (Å²) in [6.07, 6.45) is 0.906. The average molecular weight is 462 g/mol. The molecular weight excluding hydrogens is 441 g/mol. The van der Waals surface area contributed by atoms with Crippen molar-refractivity contribution in [2.24, 2.45) is 0 Å². The number of rotatable bonds is 6. The van der Waals surface area contributed by atoms with Crippen molar-refractivity contribution in [2.45, 2.75) is 12.8 Å². The molecule has 3 aromatic rings. The summed E-state index contributed by atoms with van der Waals surface area (Å²) in [4.78, 5) is 19.4. The minimum Gasteiger partial charge on any atom is -0.378 e. The number of halogens is 2. The van der Waals surface area contributed by atoms with Gasteiger partial charge in [0.2, 0.25) is 5.91 Å². The lowest BCUT2D eigenvalue weighted by Crippen LogP contribution is -2.37. The second-order valence-electron chi connectivity index (χ2n) is 7.00. The van der Waals surface area contributed by atoms with Gasteiger partial charge in [-0.1, -0.05) is 41.4 Å². The van der Waals surface area contributed by atoms with Crippen LogP contribution in [0.5, 0.6) is 0 Å². The largest absolute Gasteiger partial charge is 0.378 e. The van der Waals surface area contributed by atoms with E-state index < -0.39 is 0 Å². The minimum absolute atomic E-state index is 0.119. The van der Waals surface area contributed by atoms with Gasteiger partial charge in [-0.15, -0.1) is 11.3 Å². The fourth-order valence-corrected chi connectivity index (χ4v) is 4.75. The molecule has 0 unspecified atom stereocenters. The number of para-hydroxylation sites is 1. The maximum Gasteiger partial charge on any atom is 0.230 e. The molecule has 1 amide bonds. The van der Waals surface area contributed by atoms with Crippen LogP contribution in [0.3, 0.4) is 0 Å². The number of hydrogen-bond donors (Lipinski definition) is 1. The Morgan fingerprint density at radius 3 is 2.77 bits per heavy atom. The summed E-state index contributed by atoms with van der Waals surface area (Å²) < 4.78 is 5.43. The van der Waals surface area contributed by atoms with Crippen molar-refractivity contribution >= 4 is 51.8 Å². The molecule has 1 aliphatic heterocycles. The maximum absolute atomic E-state index is 12.7. The highest BCUT2D eigenvalue weighted by Gasteiger charge is 2.19. The molecule has 30 heavy (non-hydrogen) atoms. The van der Waals surface area contributed by atoms with Crippen LogP contribution in [0.25, 0.3) is 0 Å². The number of hydrogen-bond acceptors (Lipinski definition) is 5. The summed E-state index contributed by atoms with van der Waals surface area (Å²) in [5, 5.41) is 7.22. The molecule has 5 nitrogen and oxygen atoms in total. The van der Waals surface area contributed by atoms with Gasteiger partial charge in [-0.25, -0.2) is 4.98 Å². The normalized spacial score (nSPS) is 14.0. The SMILES string of the molecule is O=C(Cc1csc(Cc2cccc(Cl)c2)n1)Nc1cccc(Cl)c1N1CCOCC1. The van der Waals surface area contributed by atoms with E-state index in [1.807, 2.05) is 47.8 Å². The zero-order chi connectivity index (χ0) is 20.9. The van der Waals surface area contributed by atoms with Crippen molar-refractivity contribution < 1.29 is 9.53 Å². The molecular formula is C22H21Cl2N3O2S. The molecule has 0 bridgehead atoms. The molecule has 1 aromatic heterocycles. The predicted octanol–water partition coefficient (Wildman–Crippen LogP) is 5.06. The van der Waals surface area contributed by atoms with Gasteiger partial charge in [0, 0.05) is 29.9 Å². The Labute approximate surface area is 189 Å². The number of anilines is 2. The Kier molecular flexibility index (Phi) is 6.89. The molecule has 0 aliphatic carbocycles. The highest BCUT2D eigenvalue weighted by molar-refractivity contribution is 7.09. The number of aromatic nitrogens is 1. The van der Waals surface area contributed by atoms with E-state index in [1.165, 1.54) is 0 Å². The minimum atomic E-state index is -0.119. The van der Waals surface area contributed by atoms with E-state index >= 15 is 0 Å². The summed E-state index contributed by atoms with van der Waals surface area (Å²) in [6, 6.07) is 13.3. The van der Waals surface area contributed by atoms with Crippen LogP contribution in [0.4, 0.5) is 11.4 Å². The first kappa shape index (κ1) is 21.1. The van der Waals surface area contributed by atoms with Gasteiger partial charge in [-0.2, -0.15) is 0 Å². The quantitative estimate of drug-likeness (QED) is 0.557. The Balaban J connectivity index is 1.42. The maximum atomic E-state index is 12.7. The van der Waals surface area contributed by atoms with Gasteiger partial charge < -0.3 is 15.0 Å². The second-order valence-corrected chi connectivity index (χ2v) is 8.79. The van der Waals surface area contributed by atoms with Crippen LogP contribution in [0.15, 0.2) is 47.8 Å². The zero-order valence-corrected chi connectivity index (χ0v) is 18.6. The number of nitrogens with zero attached hydrogens (tertiary/aromatic N) is 2. The number of carbonyl (C=O) groups excluding carboxylic acids is 1. The number of ether oxygens (including phenoxy) is 1. The molecule has 0 atom stereocenters. The Morgan fingerprint density at radius 1 is 1.17 bits per heavy atom. The van der Waals surface area contributed by atoms with E-state index in [1.54, 1.807) is 11.3 Å². The average Bonchev–Trinajstić information content (AvgIpc) is 3.15. The van der Waals surface area contributed by atoms with Crippen molar-refractivity contribution in [3.05, 3.63) is 74.2 Å². The molecule has 1 aliphatic rings. The fraction of sp³-hybridized carbons (Fsp3) is 0.273. The highest BCUT2D eigenvalue weighted by atomic mass is 35.5. The number of morpholine rings is 1. The van der Waals surface area contributed by atoms with E-state index in [2.05, 4.69) is 15.2 Å². The lowest BCUT2D eigenvalue weighted by molar-refractivity contribution is -0.115. The Bertz CT molecular complexity index is 1030. The summed E-state index contributed by atoms with van der Waals surface area (Å²) in [6.45, 7) is 2.77. The molecule has 4 rings (SSSR count). The summed E-state index contributed by atoms with van der Waals surface area (Å²) in [5.41, 5.74) is 3.41. The van der Waals surface area contributed by atoms with Crippen LogP contribution >= 0.6 is 34.5 Å². The third-order valence-corrected chi connectivity index (χ3v) is 6.21. The second kappa shape index (κ2) is 9.79. The van der Waals surface area contributed by atoms with Gasteiger partial charge in [0.25, 0.3) is 0 Å². The van der Waals surface area contributed by atoms with E-state index in [9.17, 15) is 4.79 Å². The van der Waals surface area contributed by atoms with Crippen molar-refractivity contribution in [1.82, 2.24) is 4.98 Å². The van der Waals surface area contributed by atoms with Crippen molar-refractivity contribution in [3.63, 3.8) is 0 Å². The predicted molar refractivity (Wildman–Crippen MR) is 123 cm³/mol. The van der Waals surface area contributed by atoms with Gasteiger partial charge in [-0.05, 0) is 29.8 Å². The van der Waals surface area contributed by atoms with Gasteiger partial charge in [0.15, 0.2) is 0 Å². The van der Waals surface area contributed by atoms with Gasteiger partial charge in [-0.3, -0.25) is 4.79 Å². The van der Waals surface area contributed by atoms with Crippen LogP contribution < -0.4 is 10.2 Å². The lowest BCUT2D eigenvalue weighted by atomic mass is 10.2. The van der Waals surface area contributed by atoms with E-state index in [-0.39, 0.29) is 12.3 Å². The van der Waals surface area contributed by atoms with Crippen molar-refractivity contribution in [2.75, 3.05) is 36.5 Å². The van der Waals surface area contributed by atoms with E-state index in [0.29, 0.717) is 35.4 Å². The van der Waals surface area contributed by atoms with Gasteiger partial charge in [0.05, 0.1) is 46.7 Å². The van der Waals surface area contributed by atoms with Crippen LogP contribution in [0.2, 0.25) is 10.0 Å². The zero-order valence-electron chi connectivity index (χ0n) is 16.2. The summed E-state index contributed by atoms with van der Waals surface area (Å²) in [5.74, 6) is -0.119. The van der Waals surface area contributed by atoms with Crippen LogP contribution in [0, 0.1) is 0 Å². The number of thiazole rings is 1. The Hall–Kier alpha value is -2.12. The first-order valence-electron chi connectivity index (χ1n) is 9.67. The molecule has 1 fully saturated rings. The molecule has 156 valence electrons. The summed E-state index contributed by atoms with van der Waals surface area (Å²) in [7, 11) is 0. The van der Waals surface area contributed by atoms with E-state index in [4.69, 9.17) is 27.9 Å². The van der Waals surface area contributed by atoms with Crippen molar-refractivity contribution in [3.8, 4) is 0 Å². The topological polar surface area (TPSA) is 54.5 Å². The van der Waals surface area contributed by atoms with Gasteiger partial charge >= 0.3 is 0 Å². The van der Waals surface area contributed by atoms with Gasteiger partial charge in [0.1, 0.15) is 0 Å². The molecule has 0 spiro atoms. The number of benzene rings is 2. The first-order chi connectivity index (χ1) is 14.6. The van der Waals surface area contributed by atoms with Crippen LogP contribution in [-0.2, 0) is 22.4 Å². The molecule has 0 saturated carbocycles. The van der Waals surface area contributed by atoms with Crippen LogP contribution in [-0.4, -0.2) is 37.2 Å². The standard InChI is InChI=1S/C22H21Cl2N3O2S/c23-16-4-1-3-15(11-16)12-21-25-17(14-30-21)13-20(28)26-19-6-2-5-18(24)22(19)27-7-9-29-10-8-27/h1-6,11,14H,7-10,12-13H2,(H,26,28).